The lowest BCUT2D eigenvalue weighted by Crippen LogP contribution is -2.13. The molecular weight excluding hydrogens is 506 g/mol. The van der Waals surface area contributed by atoms with Crippen LogP contribution in [0.25, 0.3) is 22.1 Å². The van der Waals surface area contributed by atoms with Gasteiger partial charge < -0.3 is 23.9 Å². The van der Waals surface area contributed by atoms with Gasteiger partial charge in [0.05, 0.1) is 26.9 Å². The van der Waals surface area contributed by atoms with Gasteiger partial charge in [0.25, 0.3) is 5.91 Å². The van der Waals surface area contributed by atoms with E-state index in [4.69, 9.17) is 18.6 Å². The summed E-state index contributed by atoms with van der Waals surface area (Å²) in [6.07, 6.45) is 0.617. The Morgan fingerprint density at radius 1 is 0.900 bits per heavy atom. The van der Waals surface area contributed by atoms with Crippen LogP contribution in [0.3, 0.4) is 0 Å². The maximum atomic E-state index is 14.1. The number of hydrogen-bond acceptors (Lipinski definition) is 6. The summed E-state index contributed by atoms with van der Waals surface area (Å²) >= 11 is 0. The van der Waals surface area contributed by atoms with Crippen molar-refractivity contribution in [3.05, 3.63) is 81.2 Å². The first-order valence-corrected chi connectivity index (χ1v) is 13.4. The minimum Gasteiger partial charge on any atom is -0.492 e. The second kappa shape index (κ2) is 11.9. The van der Waals surface area contributed by atoms with Crippen molar-refractivity contribution in [2.45, 2.75) is 47.0 Å². The predicted molar refractivity (Wildman–Crippen MR) is 159 cm³/mol. The van der Waals surface area contributed by atoms with Crippen LogP contribution < -0.4 is 25.0 Å². The van der Waals surface area contributed by atoms with Gasteiger partial charge in [0.1, 0.15) is 16.7 Å². The molecule has 0 atom stereocenters. The number of fused-ring (bicyclic) bond motifs is 1. The molecule has 1 N–H and O–H groups in total. The van der Waals surface area contributed by atoms with Crippen LogP contribution in [-0.2, 0) is 6.42 Å². The zero-order valence-corrected chi connectivity index (χ0v) is 24.4. The van der Waals surface area contributed by atoms with Crippen LogP contribution in [0.5, 0.6) is 17.2 Å². The number of amides is 1. The summed E-state index contributed by atoms with van der Waals surface area (Å²) in [5, 5.41) is 3.25. The minimum atomic E-state index is -0.246. The number of ether oxygens (including phenoxy) is 3. The van der Waals surface area contributed by atoms with Crippen molar-refractivity contribution >= 4 is 22.6 Å². The first-order chi connectivity index (χ1) is 19.1. The largest absolute Gasteiger partial charge is 0.492 e. The van der Waals surface area contributed by atoms with Crippen molar-refractivity contribution in [1.82, 2.24) is 0 Å². The Labute approximate surface area is 235 Å². The Bertz CT molecular complexity index is 1600. The predicted octanol–water partition coefficient (Wildman–Crippen LogP) is 7.37. The molecule has 0 aliphatic carbocycles. The molecule has 3 aromatic carbocycles. The molecule has 40 heavy (non-hydrogen) atoms. The highest BCUT2D eigenvalue weighted by Gasteiger charge is 2.28. The number of anilines is 1. The first kappa shape index (κ1) is 28.7. The third-order valence-electron chi connectivity index (χ3n) is 6.95. The van der Waals surface area contributed by atoms with E-state index in [1.807, 2.05) is 24.3 Å². The smallest absolute Gasteiger partial charge is 0.255 e. The van der Waals surface area contributed by atoms with Gasteiger partial charge >= 0.3 is 0 Å². The Balaban J connectivity index is 1.80. The van der Waals surface area contributed by atoms with Gasteiger partial charge in [-0.3, -0.25) is 9.59 Å². The molecule has 0 fully saturated rings. The van der Waals surface area contributed by atoms with E-state index in [1.54, 1.807) is 38.3 Å². The third kappa shape index (κ3) is 5.41. The SMILES string of the molecule is COc1c(OC)c(OC)c2c(=O)c(-c3ccc(C(=O)Nc4cccc(C(C)C)c4)cc3)c(C)oc2c1CC(C)C. The monoisotopic (exact) mass is 543 g/mol. The van der Waals surface area contributed by atoms with Gasteiger partial charge in [-0.15, -0.1) is 0 Å². The number of rotatable bonds is 9. The van der Waals surface area contributed by atoms with Crippen molar-refractivity contribution in [3.63, 3.8) is 0 Å². The summed E-state index contributed by atoms with van der Waals surface area (Å²) in [6.45, 7) is 10.2. The number of carbonyl (C=O) groups excluding carboxylic acids is 1. The fourth-order valence-corrected chi connectivity index (χ4v) is 5.01. The van der Waals surface area contributed by atoms with Crippen molar-refractivity contribution in [3.8, 4) is 28.4 Å². The van der Waals surface area contributed by atoms with Gasteiger partial charge in [-0.2, -0.15) is 0 Å². The topological polar surface area (TPSA) is 87.0 Å². The molecular formula is C33H37NO6. The molecule has 0 radical (unpaired) electrons. The van der Waals surface area contributed by atoms with Gasteiger partial charge in [0.15, 0.2) is 11.5 Å². The summed E-state index contributed by atoms with van der Waals surface area (Å²) < 4.78 is 23.4. The van der Waals surface area contributed by atoms with Crippen LogP contribution in [0.15, 0.2) is 57.7 Å². The summed E-state index contributed by atoms with van der Waals surface area (Å²) in [5.74, 6) is 1.96. The molecule has 1 aromatic heterocycles. The fourth-order valence-electron chi connectivity index (χ4n) is 5.01. The van der Waals surface area contributed by atoms with E-state index in [2.05, 4.69) is 33.0 Å². The summed E-state index contributed by atoms with van der Waals surface area (Å²) in [6, 6.07) is 14.7. The zero-order valence-electron chi connectivity index (χ0n) is 24.4. The van der Waals surface area contributed by atoms with E-state index in [0.717, 1.165) is 16.8 Å². The van der Waals surface area contributed by atoms with Gasteiger partial charge in [0.2, 0.25) is 11.2 Å². The average Bonchev–Trinajstić information content (AvgIpc) is 2.93. The highest BCUT2D eigenvalue weighted by molar-refractivity contribution is 6.04. The van der Waals surface area contributed by atoms with E-state index < -0.39 is 0 Å². The molecule has 7 nitrogen and oxygen atoms in total. The lowest BCUT2D eigenvalue weighted by Gasteiger charge is -2.20. The van der Waals surface area contributed by atoms with E-state index >= 15 is 0 Å². The van der Waals surface area contributed by atoms with Crippen molar-refractivity contribution < 1.29 is 23.4 Å². The van der Waals surface area contributed by atoms with Crippen molar-refractivity contribution in [2.75, 3.05) is 26.6 Å². The van der Waals surface area contributed by atoms with Crippen LogP contribution in [0.4, 0.5) is 5.69 Å². The Morgan fingerprint density at radius 2 is 1.55 bits per heavy atom. The van der Waals surface area contributed by atoms with E-state index in [-0.39, 0.29) is 23.0 Å². The third-order valence-corrected chi connectivity index (χ3v) is 6.95. The molecule has 4 rings (SSSR count). The average molecular weight is 544 g/mol. The second-order valence-electron chi connectivity index (χ2n) is 10.6. The van der Waals surface area contributed by atoms with E-state index in [9.17, 15) is 9.59 Å². The van der Waals surface area contributed by atoms with Gasteiger partial charge in [-0.1, -0.05) is 52.0 Å². The lowest BCUT2D eigenvalue weighted by atomic mass is 9.95. The van der Waals surface area contributed by atoms with Gasteiger partial charge in [-0.05, 0) is 60.6 Å². The number of nitrogens with one attached hydrogen (secondary N) is 1. The molecule has 4 aromatic rings. The van der Waals surface area contributed by atoms with Crippen molar-refractivity contribution in [2.24, 2.45) is 5.92 Å². The highest BCUT2D eigenvalue weighted by Crippen LogP contribution is 2.47. The van der Waals surface area contributed by atoms with Gasteiger partial charge in [-0.25, -0.2) is 0 Å². The highest BCUT2D eigenvalue weighted by atomic mass is 16.5. The molecule has 0 bridgehead atoms. The lowest BCUT2D eigenvalue weighted by molar-refractivity contribution is 0.102. The normalized spacial score (nSPS) is 11.2. The summed E-state index contributed by atoms with van der Waals surface area (Å²) in [4.78, 5) is 27.0. The molecule has 7 heteroatoms. The molecule has 210 valence electrons. The first-order valence-electron chi connectivity index (χ1n) is 13.4. The van der Waals surface area contributed by atoms with Crippen LogP contribution in [0.2, 0.25) is 0 Å². The summed E-state index contributed by atoms with van der Waals surface area (Å²) in [5.41, 5.74) is 4.32. The molecule has 0 spiro atoms. The van der Waals surface area contributed by atoms with E-state index in [1.165, 1.54) is 14.2 Å². The fraction of sp³-hybridized carbons (Fsp3) is 0.333. The Morgan fingerprint density at radius 3 is 2.12 bits per heavy atom. The number of hydrogen-bond donors (Lipinski definition) is 1. The minimum absolute atomic E-state index is 0.230. The van der Waals surface area contributed by atoms with Gasteiger partial charge in [0, 0.05) is 16.8 Å². The Hall–Kier alpha value is -4.26. The number of methoxy groups -OCH3 is 3. The number of aryl methyl sites for hydroxylation is 1. The van der Waals surface area contributed by atoms with E-state index in [0.29, 0.717) is 57.3 Å². The molecule has 0 unspecified atom stereocenters. The number of benzene rings is 3. The summed E-state index contributed by atoms with van der Waals surface area (Å²) in [7, 11) is 4.57. The van der Waals surface area contributed by atoms with Crippen molar-refractivity contribution in [1.29, 1.82) is 0 Å². The van der Waals surface area contributed by atoms with Crippen LogP contribution in [-0.4, -0.2) is 27.2 Å². The van der Waals surface area contributed by atoms with Crippen LogP contribution in [0.1, 0.15) is 60.9 Å². The number of carbonyl (C=O) groups is 1. The second-order valence-corrected chi connectivity index (χ2v) is 10.6. The Kier molecular flexibility index (Phi) is 8.52. The van der Waals surface area contributed by atoms with Crippen LogP contribution in [0, 0.1) is 12.8 Å². The molecule has 0 saturated heterocycles. The maximum absolute atomic E-state index is 14.1. The molecule has 0 saturated carbocycles. The molecule has 0 aliphatic rings. The zero-order chi connectivity index (χ0) is 29.1. The standard InChI is InChI=1S/C33H37NO6/c1-18(2)16-25-29-27(31(38-7)32(39-8)30(25)37-6)28(35)26(20(5)40-29)21-12-14-22(15-13-21)33(36)34-24-11-9-10-23(17-24)19(3)4/h9-15,17-19H,16H2,1-8H3,(H,34,36). The maximum Gasteiger partial charge on any atom is 0.255 e. The molecule has 1 heterocycles. The molecule has 0 aliphatic heterocycles. The molecule has 1 amide bonds. The van der Waals surface area contributed by atoms with Crippen LogP contribution >= 0.6 is 0 Å². The quantitative estimate of drug-likeness (QED) is 0.237.